The minimum absolute atomic E-state index is 0.392. The Morgan fingerprint density at radius 2 is 1.88 bits per heavy atom. The molecule has 0 aromatic heterocycles. The number of Topliss-reactive ketones (excluding diaryl/α,β-unsaturated/α-hetero) is 1. The molecule has 0 amide bonds. The minimum atomic E-state index is -3.32. The van der Waals surface area contributed by atoms with Gasteiger partial charge in [0, 0.05) is 12.7 Å². The largest absolute Gasteiger partial charge is 0.294 e. The van der Waals surface area contributed by atoms with Crippen LogP contribution in [0.15, 0.2) is 12.1 Å². The Kier molecular flexibility index (Phi) is 4.21. The molecule has 94 valence electrons. The Morgan fingerprint density at radius 1 is 1.29 bits per heavy atom. The van der Waals surface area contributed by atoms with Gasteiger partial charge < -0.3 is 0 Å². The van der Waals surface area contributed by atoms with Gasteiger partial charge in [0.15, 0.2) is 5.78 Å². The van der Waals surface area contributed by atoms with Crippen LogP contribution in [0.1, 0.15) is 16.8 Å². The van der Waals surface area contributed by atoms with Crippen molar-refractivity contribution in [2.75, 3.05) is 12.0 Å². The van der Waals surface area contributed by atoms with E-state index in [4.69, 9.17) is 11.6 Å². The normalized spacial score (nSPS) is 11.5. The highest BCUT2D eigenvalue weighted by molar-refractivity contribution is 7.90. The fourth-order valence-electron chi connectivity index (χ4n) is 1.15. The van der Waals surface area contributed by atoms with Crippen LogP contribution in [-0.4, -0.2) is 26.2 Å². The van der Waals surface area contributed by atoms with Crippen molar-refractivity contribution in [2.45, 2.75) is 6.42 Å². The van der Waals surface area contributed by atoms with E-state index in [0.717, 1.165) is 6.26 Å². The Labute approximate surface area is 102 Å². The maximum Gasteiger partial charge on any atom is 0.166 e. The SMILES string of the molecule is CS(=O)(=O)CCC(=O)c1cc(F)c(Cl)cc1F. The highest BCUT2D eigenvalue weighted by atomic mass is 35.5. The summed E-state index contributed by atoms with van der Waals surface area (Å²) in [5, 5.41) is -0.429. The lowest BCUT2D eigenvalue weighted by molar-refractivity contribution is 0.0984. The number of hydrogen-bond donors (Lipinski definition) is 0. The number of hydrogen-bond acceptors (Lipinski definition) is 3. The predicted octanol–water partition coefficient (Wildman–Crippen LogP) is 2.24. The Bertz CT molecular complexity index is 555. The molecule has 0 radical (unpaired) electrons. The predicted molar refractivity (Wildman–Crippen MR) is 60.0 cm³/mol. The second-order valence-corrected chi connectivity index (χ2v) is 6.22. The summed E-state index contributed by atoms with van der Waals surface area (Å²) in [5.41, 5.74) is -0.490. The monoisotopic (exact) mass is 282 g/mol. The van der Waals surface area contributed by atoms with E-state index >= 15 is 0 Å². The Morgan fingerprint density at radius 3 is 2.41 bits per heavy atom. The van der Waals surface area contributed by atoms with Crippen LogP contribution >= 0.6 is 11.6 Å². The third-order valence-electron chi connectivity index (χ3n) is 2.01. The molecule has 0 bridgehead atoms. The van der Waals surface area contributed by atoms with Gasteiger partial charge in [-0.3, -0.25) is 4.79 Å². The molecule has 0 atom stereocenters. The van der Waals surface area contributed by atoms with Crippen LogP contribution in [0.4, 0.5) is 8.78 Å². The lowest BCUT2D eigenvalue weighted by Gasteiger charge is -2.03. The summed E-state index contributed by atoms with van der Waals surface area (Å²) < 4.78 is 48.0. The molecule has 0 saturated heterocycles. The van der Waals surface area contributed by atoms with Crippen molar-refractivity contribution in [3.8, 4) is 0 Å². The molecular weight excluding hydrogens is 274 g/mol. The van der Waals surface area contributed by atoms with Gasteiger partial charge in [0.2, 0.25) is 0 Å². The number of carbonyl (C=O) groups excluding carboxylic acids is 1. The van der Waals surface area contributed by atoms with Crippen LogP contribution in [-0.2, 0) is 9.84 Å². The molecule has 0 saturated carbocycles. The van der Waals surface area contributed by atoms with Gasteiger partial charge in [0.05, 0.1) is 16.3 Å². The molecule has 0 aliphatic heterocycles. The number of sulfone groups is 1. The van der Waals surface area contributed by atoms with E-state index in [9.17, 15) is 22.0 Å². The van der Waals surface area contributed by atoms with Gasteiger partial charge in [0.1, 0.15) is 21.5 Å². The fourth-order valence-corrected chi connectivity index (χ4v) is 1.86. The number of rotatable bonds is 4. The second kappa shape index (κ2) is 5.10. The van der Waals surface area contributed by atoms with E-state index in [2.05, 4.69) is 0 Å². The number of halogens is 3. The summed E-state index contributed by atoms with van der Waals surface area (Å²) in [7, 11) is -3.32. The average molecular weight is 283 g/mol. The zero-order valence-electron chi connectivity index (χ0n) is 8.84. The maximum atomic E-state index is 13.3. The molecule has 0 heterocycles. The van der Waals surface area contributed by atoms with Gasteiger partial charge in [-0.15, -0.1) is 0 Å². The molecule has 1 aromatic carbocycles. The van der Waals surface area contributed by atoms with Crippen LogP contribution in [0.25, 0.3) is 0 Å². The van der Waals surface area contributed by atoms with Crippen molar-refractivity contribution < 1.29 is 22.0 Å². The first-order valence-electron chi connectivity index (χ1n) is 4.56. The first-order chi connectivity index (χ1) is 7.70. The van der Waals surface area contributed by atoms with E-state index in [1.54, 1.807) is 0 Å². The highest BCUT2D eigenvalue weighted by Crippen LogP contribution is 2.20. The molecular formula is C10H9ClF2O3S. The van der Waals surface area contributed by atoms with Crippen LogP contribution in [0, 0.1) is 11.6 Å². The molecule has 0 fully saturated rings. The van der Waals surface area contributed by atoms with Gasteiger partial charge in [-0.2, -0.15) is 0 Å². The number of carbonyl (C=O) groups is 1. The van der Waals surface area contributed by atoms with Crippen LogP contribution in [0.3, 0.4) is 0 Å². The molecule has 1 rings (SSSR count). The zero-order valence-corrected chi connectivity index (χ0v) is 10.4. The van der Waals surface area contributed by atoms with Gasteiger partial charge in [-0.05, 0) is 12.1 Å². The molecule has 1 aromatic rings. The molecule has 3 nitrogen and oxygen atoms in total. The highest BCUT2D eigenvalue weighted by Gasteiger charge is 2.17. The van der Waals surface area contributed by atoms with E-state index in [1.165, 1.54) is 0 Å². The van der Waals surface area contributed by atoms with Gasteiger partial charge in [0.25, 0.3) is 0 Å². The first-order valence-corrected chi connectivity index (χ1v) is 7.00. The molecule has 17 heavy (non-hydrogen) atoms. The second-order valence-electron chi connectivity index (χ2n) is 3.55. The summed E-state index contributed by atoms with van der Waals surface area (Å²) in [4.78, 5) is 11.5. The molecule has 0 unspecified atom stereocenters. The van der Waals surface area contributed by atoms with Gasteiger partial charge in [-0.25, -0.2) is 17.2 Å². The van der Waals surface area contributed by atoms with Crippen LogP contribution in [0.2, 0.25) is 5.02 Å². The third-order valence-corrected chi connectivity index (χ3v) is 3.25. The lowest BCUT2D eigenvalue weighted by Crippen LogP contribution is -2.11. The summed E-state index contributed by atoms with van der Waals surface area (Å²) in [6.07, 6.45) is 0.565. The number of ketones is 1. The first kappa shape index (κ1) is 14.1. The lowest BCUT2D eigenvalue weighted by atomic mass is 10.1. The van der Waals surface area contributed by atoms with Crippen molar-refractivity contribution in [1.29, 1.82) is 0 Å². The van der Waals surface area contributed by atoms with E-state index in [1.807, 2.05) is 0 Å². The van der Waals surface area contributed by atoms with E-state index < -0.39 is 50.0 Å². The topological polar surface area (TPSA) is 51.2 Å². The number of benzene rings is 1. The van der Waals surface area contributed by atoms with Crippen molar-refractivity contribution in [3.05, 3.63) is 34.4 Å². The Balaban J connectivity index is 2.94. The maximum absolute atomic E-state index is 13.3. The van der Waals surface area contributed by atoms with E-state index in [-0.39, 0.29) is 0 Å². The molecule has 7 heteroatoms. The molecule has 0 aliphatic carbocycles. The van der Waals surface area contributed by atoms with Gasteiger partial charge >= 0.3 is 0 Å². The average Bonchev–Trinajstić information content (AvgIpc) is 2.19. The summed E-state index contributed by atoms with van der Waals surface area (Å²) >= 11 is 5.32. The molecule has 0 N–H and O–H groups in total. The van der Waals surface area contributed by atoms with Crippen molar-refractivity contribution >= 4 is 27.2 Å². The smallest absolute Gasteiger partial charge is 0.166 e. The summed E-state index contributed by atoms with van der Waals surface area (Å²) in [6.45, 7) is 0. The zero-order chi connectivity index (χ0) is 13.2. The fraction of sp³-hybridized carbons (Fsp3) is 0.300. The summed E-state index contributed by atoms with van der Waals surface area (Å²) in [6, 6.07) is 1.35. The quantitative estimate of drug-likeness (QED) is 0.628. The van der Waals surface area contributed by atoms with Crippen molar-refractivity contribution in [3.63, 3.8) is 0 Å². The van der Waals surface area contributed by atoms with Crippen LogP contribution in [0.5, 0.6) is 0 Å². The third kappa shape index (κ3) is 4.05. The standard InChI is InChI=1S/C10H9ClF2O3S/c1-17(15,16)3-2-10(14)6-4-9(13)7(11)5-8(6)12/h4-5H,2-3H2,1H3. The van der Waals surface area contributed by atoms with E-state index in [0.29, 0.717) is 12.1 Å². The minimum Gasteiger partial charge on any atom is -0.294 e. The molecule has 0 aliphatic rings. The van der Waals surface area contributed by atoms with Gasteiger partial charge in [-0.1, -0.05) is 11.6 Å². The van der Waals surface area contributed by atoms with Crippen LogP contribution < -0.4 is 0 Å². The Hall–Kier alpha value is -1.01. The van der Waals surface area contributed by atoms with Crippen molar-refractivity contribution in [2.24, 2.45) is 0 Å². The molecule has 0 spiro atoms. The van der Waals surface area contributed by atoms with Crippen molar-refractivity contribution in [1.82, 2.24) is 0 Å². The summed E-state index contributed by atoms with van der Waals surface area (Å²) in [5.74, 6) is -3.07.